The van der Waals surface area contributed by atoms with Crippen molar-refractivity contribution in [1.29, 1.82) is 0 Å². The molecule has 2 heterocycles. The second-order valence-corrected chi connectivity index (χ2v) is 2.80. The molecule has 0 atom stereocenters. The molecule has 0 saturated carbocycles. The maximum atomic E-state index is 5.47. The lowest BCUT2D eigenvalue weighted by atomic mass is 10.1. The number of rotatable bonds is 1. The Labute approximate surface area is 80.8 Å². The zero-order chi connectivity index (χ0) is 9.97. The number of nitrogens with two attached hydrogens (primary N) is 2. The second-order valence-electron chi connectivity index (χ2n) is 2.80. The first-order chi connectivity index (χ1) is 6.75. The van der Waals surface area contributed by atoms with E-state index in [0.29, 0.717) is 5.82 Å². The quantitative estimate of drug-likeness (QED) is 0.685. The highest BCUT2D eigenvalue weighted by molar-refractivity contribution is 5.61. The molecular formula is C9H9N5. The lowest BCUT2D eigenvalue weighted by Gasteiger charge is -2.00. The first kappa shape index (κ1) is 8.43. The van der Waals surface area contributed by atoms with Gasteiger partial charge in [-0.2, -0.15) is 0 Å². The molecule has 2 aromatic heterocycles. The minimum Gasteiger partial charge on any atom is -0.384 e. The van der Waals surface area contributed by atoms with E-state index in [2.05, 4.69) is 15.0 Å². The van der Waals surface area contributed by atoms with Gasteiger partial charge in [-0.25, -0.2) is 15.0 Å². The molecule has 0 aromatic carbocycles. The van der Waals surface area contributed by atoms with Gasteiger partial charge in [0.1, 0.15) is 5.82 Å². The molecule has 4 N–H and O–H groups in total. The van der Waals surface area contributed by atoms with E-state index >= 15 is 0 Å². The predicted octanol–water partition coefficient (Wildman–Crippen LogP) is 0.703. The molecule has 5 heteroatoms. The van der Waals surface area contributed by atoms with E-state index < -0.39 is 0 Å². The lowest BCUT2D eigenvalue weighted by Crippen LogP contribution is -1.94. The molecule has 0 aliphatic heterocycles. The lowest BCUT2D eigenvalue weighted by molar-refractivity contribution is 1.18. The normalized spacial score (nSPS) is 10.0. The predicted molar refractivity (Wildman–Crippen MR) is 54.1 cm³/mol. The van der Waals surface area contributed by atoms with Crippen molar-refractivity contribution in [3.8, 4) is 11.1 Å². The van der Waals surface area contributed by atoms with Gasteiger partial charge in [0, 0.05) is 29.7 Å². The van der Waals surface area contributed by atoms with Crippen LogP contribution in [0, 0.1) is 0 Å². The average molecular weight is 187 g/mol. The van der Waals surface area contributed by atoms with Crippen molar-refractivity contribution < 1.29 is 0 Å². The van der Waals surface area contributed by atoms with Crippen molar-refractivity contribution in [2.45, 2.75) is 0 Å². The van der Waals surface area contributed by atoms with Crippen LogP contribution in [0.1, 0.15) is 0 Å². The maximum absolute atomic E-state index is 5.47. The summed E-state index contributed by atoms with van der Waals surface area (Å²) in [7, 11) is 0. The zero-order valence-electron chi connectivity index (χ0n) is 7.38. The smallest absolute Gasteiger partial charge is 0.219 e. The van der Waals surface area contributed by atoms with Crippen molar-refractivity contribution in [3.63, 3.8) is 0 Å². The van der Waals surface area contributed by atoms with E-state index in [1.807, 2.05) is 6.07 Å². The first-order valence-electron chi connectivity index (χ1n) is 4.05. The molecule has 0 aliphatic carbocycles. The van der Waals surface area contributed by atoms with Gasteiger partial charge in [-0.3, -0.25) is 0 Å². The first-order valence-corrected chi connectivity index (χ1v) is 4.05. The van der Waals surface area contributed by atoms with Crippen LogP contribution in [0.5, 0.6) is 0 Å². The molecule has 14 heavy (non-hydrogen) atoms. The van der Waals surface area contributed by atoms with E-state index in [1.165, 1.54) is 0 Å². The van der Waals surface area contributed by atoms with Crippen LogP contribution in [0.4, 0.5) is 11.8 Å². The molecule has 70 valence electrons. The van der Waals surface area contributed by atoms with Crippen LogP contribution in [0.15, 0.2) is 30.7 Å². The largest absolute Gasteiger partial charge is 0.384 e. The summed E-state index contributed by atoms with van der Waals surface area (Å²) in [5.74, 6) is 0.752. The molecule has 0 bridgehead atoms. The molecular weight excluding hydrogens is 178 g/mol. The number of hydrogen-bond donors (Lipinski definition) is 2. The maximum Gasteiger partial charge on any atom is 0.219 e. The van der Waals surface area contributed by atoms with Crippen LogP contribution in [0.2, 0.25) is 0 Å². The van der Waals surface area contributed by atoms with E-state index in [9.17, 15) is 0 Å². The zero-order valence-corrected chi connectivity index (χ0v) is 7.38. The number of nitrogens with zero attached hydrogens (tertiary/aromatic N) is 3. The molecule has 0 fully saturated rings. The molecule has 2 aromatic rings. The highest BCUT2D eigenvalue weighted by Gasteiger charge is 1.98. The van der Waals surface area contributed by atoms with E-state index in [-0.39, 0.29) is 5.95 Å². The Balaban J connectivity index is 2.40. The van der Waals surface area contributed by atoms with Crippen LogP contribution in [0.3, 0.4) is 0 Å². The highest BCUT2D eigenvalue weighted by Crippen LogP contribution is 2.16. The third-order valence-corrected chi connectivity index (χ3v) is 1.79. The minimum atomic E-state index is 0.261. The van der Waals surface area contributed by atoms with Crippen molar-refractivity contribution in [1.82, 2.24) is 15.0 Å². The molecule has 0 spiro atoms. The molecule has 0 unspecified atom stereocenters. The van der Waals surface area contributed by atoms with Gasteiger partial charge in [-0.1, -0.05) is 0 Å². The molecule has 0 radical (unpaired) electrons. The summed E-state index contributed by atoms with van der Waals surface area (Å²) < 4.78 is 0. The number of hydrogen-bond acceptors (Lipinski definition) is 5. The van der Waals surface area contributed by atoms with E-state index in [4.69, 9.17) is 11.5 Å². The Morgan fingerprint density at radius 3 is 2.00 bits per heavy atom. The molecule has 0 aliphatic rings. The van der Waals surface area contributed by atoms with Gasteiger partial charge < -0.3 is 11.5 Å². The van der Waals surface area contributed by atoms with Crippen LogP contribution in [-0.2, 0) is 0 Å². The number of aromatic nitrogens is 3. The monoisotopic (exact) mass is 187 g/mol. The van der Waals surface area contributed by atoms with Crippen LogP contribution >= 0.6 is 0 Å². The van der Waals surface area contributed by atoms with Crippen molar-refractivity contribution in [3.05, 3.63) is 30.7 Å². The summed E-state index contributed by atoms with van der Waals surface area (Å²) in [4.78, 5) is 11.7. The summed E-state index contributed by atoms with van der Waals surface area (Å²) in [5.41, 5.74) is 12.6. The fourth-order valence-electron chi connectivity index (χ4n) is 1.06. The Kier molecular flexibility index (Phi) is 1.98. The highest BCUT2D eigenvalue weighted by atomic mass is 15.0. The standard InChI is InChI=1S/C9H9N5/c10-8-2-1-6(3-12-8)7-4-13-9(11)14-5-7/h1-5H,(H2,10,12)(H2,11,13,14). The van der Waals surface area contributed by atoms with Gasteiger partial charge in [0.2, 0.25) is 5.95 Å². The Bertz CT molecular complexity index is 376. The third-order valence-electron chi connectivity index (χ3n) is 1.79. The SMILES string of the molecule is Nc1ccc(-c2cnc(N)nc2)cn1. The van der Waals surface area contributed by atoms with Gasteiger partial charge in [0.25, 0.3) is 0 Å². The number of pyridine rings is 1. The Morgan fingerprint density at radius 1 is 0.786 bits per heavy atom. The van der Waals surface area contributed by atoms with Crippen molar-refractivity contribution in [2.24, 2.45) is 0 Å². The molecule has 0 saturated heterocycles. The van der Waals surface area contributed by atoms with Gasteiger partial charge in [-0.15, -0.1) is 0 Å². The van der Waals surface area contributed by atoms with Gasteiger partial charge in [0.05, 0.1) is 0 Å². The summed E-state index contributed by atoms with van der Waals surface area (Å²) in [6, 6.07) is 3.59. The topological polar surface area (TPSA) is 90.7 Å². The summed E-state index contributed by atoms with van der Waals surface area (Å²) in [6.07, 6.45) is 4.97. The average Bonchev–Trinajstić information content (AvgIpc) is 2.21. The van der Waals surface area contributed by atoms with Gasteiger partial charge in [-0.05, 0) is 12.1 Å². The fraction of sp³-hybridized carbons (Fsp3) is 0. The van der Waals surface area contributed by atoms with Crippen LogP contribution in [0.25, 0.3) is 11.1 Å². The summed E-state index contributed by atoms with van der Waals surface area (Å²) in [5, 5.41) is 0. The second kappa shape index (κ2) is 3.29. The summed E-state index contributed by atoms with van der Waals surface area (Å²) in [6.45, 7) is 0. The van der Waals surface area contributed by atoms with Gasteiger partial charge >= 0.3 is 0 Å². The van der Waals surface area contributed by atoms with Gasteiger partial charge in [0.15, 0.2) is 0 Å². The summed E-state index contributed by atoms with van der Waals surface area (Å²) >= 11 is 0. The fourth-order valence-corrected chi connectivity index (χ4v) is 1.06. The van der Waals surface area contributed by atoms with E-state index in [0.717, 1.165) is 11.1 Å². The van der Waals surface area contributed by atoms with E-state index in [1.54, 1.807) is 24.7 Å². The van der Waals surface area contributed by atoms with Crippen LogP contribution in [-0.4, -0.2) is 15.0 Å². The Morgan fingerprint density at radius 2 is 1.43 bits per heavy atom. The van der Waals surface area contributed by atoms with Crippen molar-refractivity contribution >= 4 is 11.8 Å². The minimum absolute atomic E-state index is 0.261. The number of nitrogen functional groups attached to an aromatic ring is 2. The molecule has 2 rings (SSSR count). The van der Waals surface area contributed by atoms with Crippen molar-refractivity contribution in [2.75, 3.05) is 11.5 Å². The number of anilines is 2. The third kappa shape index (κ3) is 1.61. The van der Waals surface area contributed by atoms with Crippen LogP contribution < -0.4 is 11.5 Å². The molecule has 0 amide bonds. The Hall–Kier alpha value is -2.17. The molecule has 5 nitrogen and oxygen atoms in total.